The number of methoxy groups -OCH3 is 1. The Morgan fingerprint density at radius 1 is 1.17 bits per heavy atom. The lowest BCUT2D eigenvalue weighted by Gasteiger charge is -2.23. The number of rotatable bonds is 7. The predicted octanol–water partition coefficient (Wildman–Crippen LogP) is 3.54. The van der Waals surface area contributed by atoms with Crippen LogP contribution in [0.5, 0.6) is 17.2 Å². The van der Waals surface area contributed by atoms with Gasteiger partial charge in [0.1, 0.15) is 12.4 Å². The number of carbonyl (C=O) groups is 1. The molecule has 1 atom stereocenters. The molecule has 0 N–H and O–H groups in total. The molecule has 0 aliphatic carbocycles. The van der Waals surface area contributed by atoms with Crippen molar-refractivity contribution in [3.63, 3.8) is 0 Å². The van der Waals surface area contributed by atoms with Crippen LogP contribution in [0.25, 0.3) is 0 Å². The molecule has 2 aromatic carbocycles. The van der Waals surface area contributed by atoms with Crippen molar-refractivity contribution >= 4 is 17.7 Å². The second-order valence-corrected chi connectivity index (χ2v) is 7.03. The molecule has 1 aliphatic rings. The molecule has 0 amide bonds. The van der Waals surface area contributed by atoms with Gasteiger partial charge in [-0.1, -0.05) is 30.0 Å². The summed E-state index contributed by atoms with van der Waals surface area (Å²) in [6, 6.07) is 14.3. The molecule has 0 saturated carbocycles. The molecule has 0 saturated heterocycles. The number of aromatic nitrogens is 2. The van der Waals surface area contributed by atoms with E-state index in [1.165, 1.54) is 18.9 Å². The van der Waals surface area contributed by atoms with Crippen LogP contribution in [-0.4, -0.2) is 42.2 Å². The first-order chi connectivity index (χ1) is 14.2. The quantitative estimate of drug-likeness (QED) is 0.327. The van der Waals surface area contributed by atoms with Gasteiger partial charge >= 0.3 is 5.97 Å². The van der Waals surface area contributed by atoms with Gasteiger partial charge in [0.25, 0.3) is 11.1 Å². The molecule has 1 unspecified atom stereocenters. The van der Waals surface area contributed by atoms with E-state index in [0.29, 0.717) is 52.9 Å². The van der Waals surface area contributed by atoms with Gasteiger partial charge in [-0.2, -0.15) is 0 Å². The Hall–Kier alpha value is -3.20. The molecule has 3 aromatic rings. The number of nitrogens with zero attached hydrogens (tertiary/aromatic N) is 2. The van der Waals surface area contributed by atoms with E-state index < -0.39 is 12.1 Å². The lowest BCUT2D eigenvalue weighted by Crippen LogP contribution is -2.21. The van der Waals surface area contributed by atoms with Gasteiger partial charge in [0.05, 0.1) is 19.3 Å². The fraction of sp³-hybridized carbons (Fsp3) is 0.250. The fourth-order valence-corrected chi connectivity index (χ4v) is 3.25. The molecule has 2 heterocycles. The van der Waals surface area contributed by atoms with Crippen molar-refractivity contribution in [3.05, 3.63) is 60.0 Å². The summed E-state index contributed by atoms with van der Waals surface area (Å²) in [4.78, 5) is 11.6. The summed E-state index contributed by atoms with van der Waals surface area (Å²) in [5.41, 5.74) is 0.440. The van der Waals surface area contributed by atoms with Gasteiger partial charge < -0.3 is 23.4 Å². The third-order valence-corrected chi connectivity index (χ3v) is 4.82. The number of fused-ring (bicyclic) bond motifs is 1. The van der Waals surface area contributed by atoms with Crippen molar-refractivity contribution in [2.24, 2.45) is 0 Å². The summed E-state index contributed by atoms with van der Waals surface area (Å²) in [5.74, 6) is 2.50. The Labute approximate surface area is 171 Å². The molecule has 0 fully saturated rings. The number of esters is 1. The molecule has 1 aromatic heterocycles. The van der Waals surface area contributed by atoms with E-state index in [4.69, 9.17) is 23.4 Å². The number of para-hydroxylation sites is 2. The normalized spacial score (nSPS) is 15.0. The highest BCUT2D eigenvalue weighted by Gasteiger charge is 2.27. The molecule has 150 valence electrons. The van der Waals surface area contributed by atoms with E-state index in [0.717, 1.165) is 0 Å². The molecule has 1 aliphatic heterocycles. The lowest BCUT2D eigenvalue weighted by molar-refractivity contribution is 0.0600. The third-order valence-electron chi connectivity index (χ3n) is 4.04. The standard InChI is InChI=1S/C20H18N2O6S/c1-24-19(23)13-5-4-6-14(11-13)25-9-10-29-20-22-21-18(28-20)17-12-26-15-7-2-3-8-16(15)27-17/h2-8,11,17H,9-10,12H2,1H3. The molecule has 0 radical (unpaired) electrons. The first kappa shape index (κ1) is 19.1. The van der Waals surface area contributed by atoms with Crippen LogP contribution in [0.1, 0.15) is 22.4 Å². The van der Waals surface area contributed by atoms with Crippen LogP contribution in [0.3, 0.4) is 0 Å². The van der Waals surface area contributed by atoms with Crippen molar-refractivity contribution in [3.8, 4) is 17.2 Å². The Kier molecular flexibility index (Phi) is 5.85. The lowest BCUT2D eigenvalue weighted by atomic mass is 10.2. The van der Waals surface area contributed by atoms with Gasteiger partial charge in [-0.15, -0.1) is 10.2 Å². The Balaban J connectivity index is 1.27. The Morgan fingerprint density at radius 3 is 2.90 bits per heavy atom. The van der Waals surface area contributed by atoms with Crippen molar-refractivity contribution in [1.82, 2.24) is 10.2 Å². The van der Waals surface area contributed by atoms with E-state index >= 15 is 0 Å². The topological polar surface area (TPSA) is 92.9 Å². The molecule has 0 bridgehead atoms. The summed E-state index contributed by atoms with van der Waals surface area (Å²) >= 11 is 1.37. The van der Waals surface area contributed by atoms with E-state index in [-0.39, 0.29) is 0 Å². The monoisotopic (exact) mass is 414 g/mol. The van der Waals surface area contributed by atoms with Gasteiger partial charge in [-0.05, 0) is 30.3 Å². The van der Waals surface area contributed by atoms with Crippen molar-refractivity contribution in [1.29, 1.82) is 0 Å². The number of carbonyl (C=O) groups excluding carboxylic acids is 1. The number of hydrogen-bond acceptors (Lipinski definition) is 9. The number of ether oxygens (including phenoxy) is 4. The highest BCUT2D eigenvalue weighted by atomic mass is 32.2. The summed E-state index contributed by atoms with van der Waals surface area (Å²) in [5, 5.41) is 8.52. The van der Waals surface area contributed by atoms with Crippen LogP contribution >= 0.6 is 11.8 Å². The van der Waals surface area contributed by atoms with Crippen molar-refractivity contribution in [2.75, 3.05) is 26.1 Å². The average Bonchev–Trinajstić information content (AvgIpc) is 3.25. The zero-order valence-corrected chi connectivity index (χ0v) is 16.4. The van der Waals surface area contributed by atoms with E-state index in [1.807, 2.05) is 24.3 Å². The van der Waals surface area contributed by atoms with Crippen molar-refractivity contribution < 1.29 is 28.2 Å². The Morgan fingerprint density at radius 2 is 2.03 bits per heavy atom. The van der Waals surface area contributed by atoms with E-state index in [9.17, 15) is 4.79 Å². The van der Waals surface area contributed by atoms with Crippen LogP contribution in [0.15, 0.2) is 58.2 Å². The minimum Gasteiger partial charge on any atom is -0.493 e. The first-order valence-electron chi connectivity index (χ1n) is 8.89. The second-order valence-electron chi connectivity index (χ2n) is 5.99. The highest BCUT2D eigenvalue weighted by Crippen LogP contribution is 2.35. The smallest absolute Gasteiger partial charge is 0.337 e. The minimum atomic E-state index is -0.441. The number of benzene rings is 2. The molecule has 4 rings (SSSR count). The van der Waals surface area contributed by atoms with Crippen LogP contribution in [0.2, 0.25) is 0 Å². The maximum atomic E-state index is 11.6. The maximum absolute atomic E-state index is 11.6. The van der Waals surface area contributed by atoms with Crippen LogP contribution in [0, 0.1) is 0 Å². The van der Waals surface area contributed by atoms with Crippen molar-refractivity contribution in [2.45, 2.75) is 11.3 Å². The first-order valence-corrected chi connectivity index (χ1v) is 9.87. The van der Waals surface area contributed by atoms with Gasteiger partial charge in [0.2, 0.25) is 6.10 Å². The molecule has 9 heteroatoms. The van der Waals surface area contributed by atoms with Crippen LogP contribution in [-0.2, 0) is 4.74 Å². The van der Waals surface area contributed by atoms with Crippen LogP contribution < -0.4 is 14.2 Å². The summed E-state index contributed by atoms with van der Waals surface area (Å²) < 4.78 is 27.6. The molecular formula is C20H18N2O6S. The minimum absolute atomic E-state index is 0.308. The van der Waals surface area contributed by atoms with Crippen LogP contribution in [0.4, 0.5) is 0 Å². The van der Waals surface area contributed by atoms with Gasteiger partial charge in [0.15, 0.2) is 11.5 Å². The van der Waals surface area contributed by atoms with Gasteiger partial charge in [-0.3, -0.25) is 0 Å². The largest absolute Gasteiger partial charge is 0.493 e. The zero-order valence-electron chi connectivity index (χ0n) is 15.6. The molecule has 8 nitrogen and oxygen atoms in total. The predicted molar refractivity (Wildman–Crippen MR) is 104 cm³/mol. The third kappa shape index (κ3) is 4.62. The fourth-order valence-electron chi connectivity index (χ4n) is 2.67. The molecular weight excluding hydrogens is 396 g/mol. The summed E-state index contributed by atoms with van der Waals surface area (Å²) in [6.07, 6.45) is -0.441. The SMILES string of the molecule is COC(=O)c1cccc(OCCSc2nnc(C3COc4ccccc4O3)o2)c1. The van der Waals surface area contributed by atoms with Gasteiger partial charge in [-0.25, -0.2) is 4.79 Å². The highest BCUT2D eigenvalue weighted by molar-refractivity contribution is 7.99. The second kappa shape index (κ2) is 8.87. The van der Waals surface area contributed by atoms with E-state index in [2.05, 4.69) is 10.2 Å². The number of hydrogen-bond donors (Lipinski definition) is 0. The maximum Gasteiger partial charge on any atom is 0.337 e. The number of thioether (sulfide) groups is 1. The van der Waals surface area contributed by atoms with E-state index in [1.54, 1.807) is 24.3 Å². The summed E-state index contributed by atoms with van der Waals surface area (Å²) in [6.45, 7) is 0.715. The molecule has 0 spiro atoms. The average molecular weight is 414 g/mol. The molecule has 29 heavy (non-hydrogen) atoms. The summed E-state index contributed by atoms with van der Waals surface area (Å²) in [7, 11) is 1.34. The van der Waals surface area contributed by atoms with Gasteiger partial charge in [0, 0.05) is 5.75 Å². The Bertz CT molecular complexity index is 992. The zero-order chi connectivity index (χ0) is 20.1.